The fraction of sp³-hybridized carbons (Fsp3) is 0.417. The summed E-state index contributed by atoms with van der Waals surface area (Å²) in [6.45, 7) is 14.7. The van der Waals surface area contributed by atoms with E-state index in [9.17, 15) is 4.79 Å². The smallest absolute Gasteiger partial charge is 0.293 e. The second kappa shape index (κ2) is 15.7. The Morgan fingerprint density at radius 1 is 1.26 bits per heavy atom. The highest BCUT2D eigenvalue weighted by Gasteiger charge is 2.23. The Balaban J connectivity index is 0.00000116. The first kappa shape index (κ1) is 28.9. The van der Waals surface area contributed by atoms with E-state index in [1.54, 1.807) is 6.92 Å². The van der Waals surface area contributed by atoms with Gasteiger partial charge in [-0.15, -0.1) is 24.8 Å². The predicted molar refractivity (Wildman–Crippen MR) is 136 cm³/mol. The predicted octanol–water partition coefficient (Wildman–Crippen LogP) is 5.59. The second-order valence-corrected chi connectivity index (χ2v) is 6.99. The second-order valence-electron chi connectivity index (χ2n) is 6.99. The Labute approximate surface area is 198 Å². The zero-order valence-corrected chi connectivity index (χ0v) is 20.4. The molecule has 2 heterocycles. The number of hydrogen-bond acceptors (Lipinski definition) is 4. The third kappa shape index (κ3) is 7.84. The molecule has 0 aliphatic carbocycles. The number of benzene rings is 1. The standard InChI is InChI=1S/C21H27N3.C3H6O2.2ClH/c1-4-8-17(14-22-3)15-23-13-11-21-19(16-23)18-9-6-7-10-20(18)24(21)12-5-2;1-2-5-3-4;;/h4,6-10,14H,3,5,11-13,15-16H2,1-2H3;3H,2H2,1H3;2*1H/b8-4-,17-14+;;;. The van der Waals surface area contributed by atoms with E-state index in [1.165, 1.54) is 34.2 Å². The maximum atomic E-state index is 9.18. The molecular weight excluding hydrogens is 433 g/mol. The Morgan fingerprint density at radius 2 is 2.00 bits per heavy atom. The lowest BCUT2D eigenvalue weighted by molar-refractivity contribution is -0.128. The quantitative estimate of drug-likeness (QED) is 0.288. The van der Waals surface area contributed by atoms with Crippen LogP contribution in [0.25, 0.3) is 10.9 Å². The van der Waals surface area contributed by atoms with Gasteiger partial charge in [0.1, 0.15) is 0 Å². The SMILES string of the molecule is C=N/C=C(\C=C/C)CN1CCc2c(c3ccccc3n2CCC)C1.CCOC=O.Cl.Cl. The Morgan fingerprint density at radius 3 is 2.58 bits per heavy atom. The van der Waals surface area contributed by atoms with Crippen molar-refractivity contribution < 1.29 is 9.53 Å². The van der Waals surface area contributed by atoms with Crippen LogP contribution in [0.2, 0.25) is 0 Å². The van der Waals surface area contributed by atoms with E-state index in [-0.39, 0.29) is 24.8 Å². The molecule has 0 bridgehead atoms. The molecule has 2 aromatic rings. The molecule has 0 radical (unpaired) electrons. The van der Waals surface area contributed by atoms with Gasteiger partial charge in [-0.3, -0.25) is 14.7 Å². The Bertz CT molecular complexity index is 875. The van der Waals surface area contributed by atoms with Crippen molar-refractivity contribution in [3.63, 3.8) is 0 Å². The third-order valence-electron chi connectivity index (χ3n) is 4.97. The van der Waals surface area contributed by atoms with E-state index in [2.05, 4.69) is 69.3 Å². The van der Waals surface area contributed by atoms with E-state index >= 15 is 0 Å². The van der Waals surface area contributed by atoms with E-state index in [4.69, 9.17) is 0 Å². The van der Waals surface area contributed by atoms with Gasteiger partial charge in [-0.05, 0) is 44.2 Å². The number of carbonyl (C=O) groups is 1. The molecule has 0 fully saturated rings. The molecule has 1 aromatic carbocycles. The van der Waals surface area contributed by atoms with Gasteiger partial charge in [0, 0.05) is 55.4 Å². The van der Waals surface area contributed by atoms with Gasteiger partial charge >= 0.3 is 0 Å². The van der Waals surface area contributed by atoms with Crippen LogP contribution in [-0.4, -0.2) is 42.4 Å². The van der Waals surface area contributed by atoms with Gasteiger partial charge in [-0.1, -0.05) is 37.3 Å². The van der Waals surface area contributed by atoms with E-state index < -0.39 is 0 Å². The molecule has 5 nitrogen and oxygen atoms in total. The lowest BCUT2D eigenvalue weighted by Gasteiger charge is -2.28. The van der Waals surface area contributed by atoms with Crippen LogP contribution in [0.1, 0.15) is 38.4 Å². The monoisotopic (exact) mass is 467 g/mol. The first-order valence-corrected chi connectivity index (χ1v) is 10.3. The maximum absolute atomic E-state index is 9.18. The summed E-state index contributed by atoms with van der Waals surface area (Å²) in [4.78, 5) is 15.6. The summed E-state index contributed by atoms with van der Waals surface area (Å²) in [7, 11) is 0. The number of fused-ring (bicyclic) bond motifs is 3. The zero-order valence-electron chi connectivity index (χ0n) is 18.8. The highest BCUT2D eigenvalue weighted by atomic mass is 35.5. The van der Waals surface area contributed by atoms with Crippen LogP contribution >= 0.6 is 24.8 Å². The van der Waals surface area contributed by atoms with Crippen LogP contribution in [-0.2, 0) is 29.0 Å². The molecule has 1 aromatic heterocycles. The molecule has 1 aliphatic heterocycles. The molecule has 3 rings (SSSR count). The topological polar surface area (TPSA) is 46.8 Å². The lowest BCUT2D eigenvalue weighted by atomic mass is 10.0. The number of aromatic nitrogens is 1. The molecule has 0 spiro atoms. The van der Waals surface area contributed by atoms with Crippen LogP contribution in [0.3, 0.4) is 0 Å². The average molecular weight is 468 g/mol. The van der Waals surface area contributed by atoms with Crippen LogP contribution in [0.5, 0.6) is 0 Å². The van der Waals surface area contributed by atoms with Crippen LogP contribution in [0.15, 0.2) is 53.2 Å². The van der Waals surface area contributed by atoms with Crippen molar-refractivity contribution in [2.45, 2.75) is 46.7 Å². The molecule has 0 saturated carbocycles. The number of allylic oxidation sites excluding steroid dienone is 1. The number of rotatable bonds is 8. The number of nitrogens with zero attached hydrogens (tertiary/aromatic N) is 3. The third-order valence-corrected chi connectivity index (χ3v) is 4.97. The van der Waals surface area contributed by atoms with Crippen molar-refractivity contribution >= 4 is 48.9 Å². The molecular formula is C24H35Cl2N3O2. The van der Waals surface area contributed by atoms with Gasteiger partial charge in [-0.2, -0.15) is 0 Å². The zero-order chi connectivity index (χ0) is 21.1. The maximum Gasteiger partial charge on any atom is 0.293 e. The van der Waals surface area contributed by atoms with Crippen molar-refractivity contribution in [3.8, 4) is 0 Å². The number of halogens is 2. The van der Waals surface area contributed by atoms with E-state index in [0.717, 1.165) is 32.6 Å². The number of carbonyl (C=O) groups excluding carboxylic acids is 1. The van der Waals surface area contributed by atoms with Crippen molar-refractivity contribution in [1.82, 2.24) is 9.47 Å². The summed E-state index contributed by atoms with van der Waals surface area (Å²) in [5.41, 5.74) is 5.65. The van der Waals surface area contributed by atoms with Gasteiger partial charge in [0.15, 0.2) is 0 Å². The van der Waals surface area contributed by atoms with Crippen LogP contribution < -0.4 is 0 Å². The summed E-state index contributed by atoms with van der Waals surface area (Å²) in [6.07, 6.45) is 8.36. The minimum atomic E-state index is 0. The number of hydrogen-bond donors (Lipinski definition) is 0. The first-order chi connectivity index (χ1) is 14.2. The molecule has 172 valence electrons. The molecule has 0 unspecified atom stereocenters. The molecule has 1 aliphatic rings. The number of para-hydroxylation sites is 1. The fourth-order valence-corrected chi connectivity index (χ4v) is 3.87. The highest BCUT2D eigenvalue weighted by molar-refractivity contribution is 5.86. The van der Waals surface area contributed by atoms with Gasteiger partial charge in [0.25, 0.3) is 6.47 Å². The minimum absolute atomic E-state index is 0. The fourth-order valence-electron chi connectivity index (χ4n) is 3.87. The molecule has 31 heavy (non-hydrogen) atoms. The summed E-state index contributed by atoms with van der Waals surface area (Å²) in [5, 5.41) is 1.42. The number of ether oxygens (including phenoxy) is 1. The van der Waals surface area contributed by atoms with Crippen LogP contribution in [0.4, 0.5) is 0 Å². The largest absolute Gasteiger partial charge is 0.468 e. The molecule has 0 N–H and O–H groups in total. The lowest BCUT2D eigenvalue weighted by Crippen LogP contribution is -2.32. The van der Waals surface area contributed by atoms with Crippen LogP contribution in [0, 0.1) is 0 Å². The molecule has 0 atom stereocenters. The van der Waals surface area contributed by atoms with E-state index in [0.29, 0.717) is 13.1 Å². The molecule has 0 amide bonds. The minimum Gasteiger partial charge on any atom is -0.468 e. The summed E-state index contributed by atoms with van der Waals surface area (Å²) < 4.78 is 6.69. The summed E-state index contributed by atoms with van der Waals surface area (Å²) in [6, 6.07) is 8.85. The highest BCUT2D eigenvalue weighted by Crippen LogP contribution is 2.31. The van der Waals surface area contributed by atoms with Crippen molar-refractivity contribution in [1.29, 1.82) is 0 Å². The Kier molecular flexibility index (Phi) is 14.6. The van der Waals surface area contributed by atoms with Gasteiger partial charge < -0.3 is 9.30 Å². The van der Waals surface area contributed by atoms with Crippen molar-refractivity contribution in [3.05, 3.63) is 59.4 Å². The molecule has 7 heteroatoms. The summed E-state index contributed by atoms with van der Waals surface area (Å²) in [5.74, 6) is 0. The number of aryl methyl sites for hydroxylation is 1. The van der Waals surface area contributed by atoms with Gasteiger partial charge in [0.2, 0.25) is 0 Å². The van der Waals surface area contributed by atoms with Crippen molar-refractivity contribution in [2.75, 3.05) is 19.7 Å². The van der Waals surface area contributed by atoms with E-state index in [1.807, 2.05) is 13.1 Å². The first-order valence-electron chi connectivity index (χ1n) is 10.3. The van der Waals surface area contributed by atoms with Crippen molar-refractivity contribution in [2.24, 2.45) is 4.99 Å². The molecule has 0 saturated heterocycles. The van der Waals surface area contributed by atoms with Gasteiger partial charge in [-0.25, -0.2) is 0 Å². The summed E-state index contributed by atoms with van der Waals surface area (Å²) >= 11 is 0. The average Bonchev–Trinajstić information content (AvgIpc) is 3.03. The Hall–Kier alpha value is -2.08. The van der Waals surface area contributed by atoms with Gasteiger partial charge in [0.05, 0.1) is 6.61 Å². The normalized spacial score (nSPS) is 13.5. The number of aliphatic imine (C=N–C) groups is 1.